The molecule has 0 aliphatic heterocycles. The van der Waals surface area contributed by atoms with E-state index in [1.165, 1.54) is 0 Å². The van der Waals surface area contributed by atoms with Gasteiger partial charge in [0, 0.05) is 17.9 Å². The van der Waals surface area contributed by atoms with E-state index in [-0.39, 0.29) is 37.3 Å². The molecule has 6 heteroatoms. The Hall–Kier alpha value is -0.790. The predicted octanol–water partition coefficient (Wildman–Crippen LogP) is 0.0116. The number of aliphatic hydroxyl groups is 5. The van der Waals surface area contributed by atoms with E-state index in [0.29, 0.717) is 31.3 Å². The minimum Gasteiger partial charge on any atom is -0.396 e. The highest BCUT2D eigenvalue weighted by atomic mass is 16.3. The Balaban J connectivity index is 1.93. The first-order valence-corrected chi connectivity index (χ1v) is 9.71. The van der Waals surface area contributed by atoms with Crippen LogP contribution in [0.3, 0.4) is 0 Å². The average Bonchev–Trinajstić information content (AvgIpc) is 2.74. The molecule has 9 atom stereocenters. The maximum Gasteiger partial charge on any atom is 0.170 e. The Labute approximate surface area is 153 Å². The van der Waals surface area contributed by atoms with Gasteiger partial charge < -0.3 is 25.5 Å². The first kappa shape index (κ1) is 18.6. The molecular formula is C20H30O6. The summed E-state index contributed by atoms with van der Waals surface area (Å²) in [6.45, 7) is 5.37. The molecule has 0 aromatic rings. The summed E-state index contributed by atoms with van der Waals surface area (Å²) >= 11 is 0. The molecule has 0 radical (unpaired) electrons. The van der Waals surface area contributed by atoms with Crippen molar-refractivity contribution in [3.8, 4) is 0 Å². The van der Waals surface area contributed by atoms with Crippen molar-refractivity contribution in [3.63, 3.8) is 0 Å². The second kappa shape index (κ2) is 5.61. The Bertz CT molecular complexity index is 648. The molecule has 0 saturated heterocycles. The summed E-state index contributed by atoms with van der Waals surface area (Å²) in [4.78, 5) is 13.2. The van der Waals surface area contributed by atoms with E-state index < -0.39 is 40.5 Å². The van der Waals surface area contributed by atoms with Gasteiger partial charge in [0.2, 0.25) is 0 Å². The normalized spacial score (nSPS) is 56.2. The molecular weight excluding hydrogens is 336 g/mol. The van der Waals surface area contributed by atoms with Gasteiger partial charge in [-0.25, -0.2) is 0 Å². The Morgan fingerprint density at radius 2 is 1.73 bits per heavy atom. The number of fused-ring (bicyclic) bond motifs is 3. The van der Waals surface area contributed by atoms with Gasteiger partial charge in [-0.1, -0.05) is 13.5 Å². The fourth-order valence-electron chi connectivity index (χ4n) is 7.38. The molecule has 0 aromatic heterocycles. The number of carbonyl (C=O) groups is 1. The van der Waals surface area contributed by atoms with Crippen molar-refractivity contribution in [2.45, 2.75) is 57.3 Å². The standard InChI is InChI=1S/C20H30O6/c1-10-11-3-4-12-19(9-22)13(18(2,8-21)6-5-14(19)23)7-15(24)20(12,16(10)25)17(11)26/h11-15,17,21-24,26H,1,3-9H2,2H3. The van der Waals surface area contributed by atoms with Crippen LogP contribution in [-0.4, -0.2) is 62.8 Å². The summed E-state index contributed by atoms with van der Waals surface area (Å²) < 4.78 is 0. The molecule has 4 aliphatic rings. The van der Waals surface area contributed by atoms with Crippen LogP contribution in [0.1, 0.15) is 39.0 Å². The van der Waals surface area contributed by atoms with Gasteiger partial charge in [-0.3, -0.25) is 4.79 Å². The fourth-order valence-corrected chi connectivity index (χ4v) is 7.38. The molecule has 2 bridgehead atoms. The van der Waals surface area contributed by atoms with Crippen molar-refractivity contribution in [3.05, 3.63) is 12.2 Å². The van der Waals surface area contributed by atoms with Crippen LogP contribution in [0.2, 0.25) is 0 Å². The maximum atomic E-state index is 13.2. The monoisotopic (exact) mass is 366 g/mol. The zero-order valence-electron chi connectivity index (χ0n) is 15.3. The van der Waals surface area contributed by atoms with E-state index >= 15 is 0 Å². The lowest BCUT2D eigenvalue weighted by Gasteiger charge is -2.67. The van der Waals surface area contributed by atoms with Crippen LogP contribution in [0.25, 0.3) is 0 Å². The smallest absolute Gasteiger partial charge is 0.170 e. The van der Waals surface area contributed by atoms with Crippen molar-refractivity contribution >= 4 is 5.78 Å². The summed E-state index contributed by atoms with van der Waals surface area (Å²) in [7, 11) is 0. The second-order valence-corrected chi connectivity index (χ2v) is 9.41. The van der Waals surface area contributed by atoms with Gasteiger partial charge in [-0.15, -0.1) is 0 Å². The van der Waals surface area contributed by atoms with Crippen LogP contribution >= 0.6 is 0 Å². The highest BCUT2D eigenvalue weighted by Crippen LogP contribution is 2.70. The molecule has 6 nitrogen and oxygen atoms in total. The van der Waals surface area contributed by atoms with E-state index in [0.717, 1.165) is 0 Å². The van der Waals surface area contributed by atoms with Gasteiger partial charge in [-0.05, 0) is 54.9 Å². The van der Waals surface area contributed by atoms with Crippen molar-refractivity contribution < 1.29 is 30.3 Å². The molecule has 0 heterocycles. The van der Waals surface area contributed by atoms with E-state index in [9.17, 15) is 30.3 Å². The third-order valence-electron chi connectivity index (χ3n) is 8.74. The number of hydrogen-bond donors (Lipinski definition) is 5. The number of hydrogen-bond acceptors (Lipinski definition) is 6. The molecule has 4 fully saturated rings. The third-order valence-corrected chi connectivity index (χ3v) is 8.74. The molecule has 0 amide bonds. The van der Waals surface area contributed by atoms with Crippen LogP contribution in [0.4, 0.5) is 0 Å². The van der Waals surface area contributed by atoms with Crippen LogP contribution in [0, 0.1) is 34.0 Å². The van der Waals surface area contributed by atoms with Crippen LogP contribution in [0.5, 0.6) is 0 Å². The average molecular weight is 366 g/mol. The molecule has 0 aromatic carbocycles. The van der Waals surface area contributed by atoms with Gasteiger partial charge in [-0.2, -0.15) is 0 Å². The van der Waals surface area contributed by atoms with Crippen molar-refractivity contribution in [1.29, 1.82) is 0 Å². The van der Waals surface area contributed by atoms with Gasteiger partial charge in [0.25, 0.3) is 0 Å². The molecule has 4 aliphatic carbocycles. The van der Waals surface area contributed by atoms with Gasteiger partial charge in [0.05, 0.1) is 30.3 Å². The summed E-state index contributed by atoms with van der Waals surface area (Å²) in [5, 5.41) is 53.8. The Morgan fingerprint density at radius 1 is 1.04 bits per heavy atom. The van der Waals surface area contributed by atoms with Crippen molar-refractivity contribution in [2.75, 3.05) is 13.2 Å². The quantitative estimate of drug-likeness (QED) is 0.440. The van der Waals surface area contributed by atoms with Gasteiger partial charge >= 0.3 is 0 Å². The number of aliphatic hydroxyl groups excluding tert-OH is 5. The molecule has 4 saturated carbocycles. The van der Waals surface area contributed by atoms with Crippen molar-refractivity contribution in [1.82, 2.24) is 0 Å². The van der Waals surface area contributed by atoms with Gasteiger partial charge in [0.1, 0.15) is 0 Å². The highest BCUT2D eigenvalue weighted by Gasteiger charge is 2.76. The van der Waals surface area contributed by atoms with E-state index in [2.05, 4.69) is 6.58 Å². The van der Waals surface area contributed by atoms with Crippen LogP contribution < -0.4 is 0 Å². The SMILES string of the molecule is C=C1C(=O)C23C(O)CC4C(C)(CO)CCC(O)C4(CO)C2CCC1C3O. The summed E-state index contributed by atoms with van der Waals surface area (Å²) in [6.07, 6.45) is -0.652. The lowest BCUT2D eigenvalue weighted by atomic mass is 9.38. The maximum absolute atomic E-state index is 13.2. The highest BCUT2D eigenvalue weighted by molar-refractivity contribution is 6.04. The van der Waals surface area contributed by atoms with Crippen molar-refractivity contribution in [2.24, 2.45) is 34.0 Å². The Morgan fingerprint density at radius 3 is 2.35 bits per heavy atom. The largest absolute Gasteiger partial charge is 0.396 e. The van der Waals surface area contributed by atoms with Gasteiger partial charge in [0.15, 0.2) is 5.78 Å². The first-order valence-electron chi connectivity index (χ1n) is 9.71. The molecule has 9 unspecified atom stereocenters. The minimum absolute atomic E-state index is 0.107. The molecule has 146 valence electrons. The molecule has 4 rings (SSSR count). The second-order valence-electron chi connectivity index (χ2n) is 9.41. The number of rotatable bonds is 2. The summed E-state index contributed by atoms with van der Waals surface area (Å²) in [5.41, 5.74) is -2.60. The molecule has 5 N–H and O–H groups in total. The fraction of sp³-hybridized carbons (Fsp3) is 0.850. The summed E-state index contributed by atoms with van der Waals surface area (Å²) in [5.74, 6) is -1.52. The Kier molecular flexibility index (Phi) is 4.01. The summed E-state index contributed by atoms with van der Waals surface area (Å²) in [6, 6.07) is 0. The number of carbonyl (C=O) groups excluding carboxylic acids is 1. The number of ketones is 1. The van der Waals surface area contributed by atoms with Crippen LogP contribution in [-0.2, 0) is 4.79 Å². The zero-order chi connectivity index (χ0) is 19.1. The molecule has 26 heavy (non-hydrogen) atoms. The number of Topliss-reactive ketones (excluding diaryl/α,β-unsaturated/α-hetero) is 1. The molecule has 1 spiro atoms. The zero-order valence-corrected chi connectivity index (χ0v) is 15.3. The van der Waals surface area contributed by atoms with E-state index in [1.54, 1.807) is 0 Å². The van der Waals surface area contributed by atoms with E-state index in [1.807, 2.05) is 6.92 Å². The third kappa shape index (κ3) is 1.78. The lowest BCUT2D eigenvalue weighted by Crippen LogP contribution is -2.72. The first-order chi connectivity index (χ1) is 12.2. The van der Waals surface area contributed by atoms with Crippen LogP contribution in [0.15, 0.2) is 12.2 Å². The predicted molar refractivity (Wildman–Crippen MR) is 92.9 cm³/mol. The lowest BCUT2D eigenvalue weighted by molar-refractivity contribution is -0.272. The topological polar surface area (TPSA) is 118 Å². The minimum atomic E-state index is -1.39. The van der Waals surface area contributed by atoms with E-state index in [4.69, 9.17) is 0 Å².